The second kappa shape index (κ2) is 5.84. The molecule has 0 amide bonds. The molecular weight excluding hydrogens is 305 g/mol. The minimum absolute atomic E-state index is 0. The average Bonchev–Trinajstić information content (AvgIpc) is 1.98. The summed E-state index contributed by atoms with van der Waals surface area (Å²) < 4.78 is 2.16. The second-order valence-electron chi connectivity index (χ2n) is 2.16. The first-order valence-electron chi connectivity index (χ1n) is 3.43. The van der Waals surface area contributed by atoms with Crippen LogP contribution in [0.1, 0.15) is 6.92 Å². The van der Waals surface area contributed by atoms with Gasteiger partial charge in [-0.05, 0) is 57.0 Å². The van der Waals surface area contributed by atoms with Gasteiger partial charge in [0.15, 0.2) is 0 Å². The normalized spacial score (nSPS) is 8.92. The van der Waals surface area contributed by atoms with Gasteiger partial charge in [0.2, 0.25) is 0 Å². The lowest BCUT2D eigenvalue weighted by atomic mass is 10.3. The third-order valence-electron chi connectivity index (χ3n) is 1.30. The molecule has 0 radical (unpaired) electrons. The fraction of sp³-hybridized carbons (Fsp3) is 0.250. The maximum Gasteiger partial charge on any atom is 0.0352 e. The third kappa shape index (κ3) is 3.33. The topological polar surface area (TPSA) is 12.0 Å². The molecule has 12 heavy (non-hydrogen) atoms. The van der Waals surface area contributed by atoms with Crippen LogP contribution in [0, 0.1) is 0 Å². The summed E-state index contributed by atoms with van der Waals surface area (Å²) in [7, 11) is 0. The molecule has 0 aliphatic rings. The quantitative estimate of drug-likeness (QED) is 0.867. The Bertz CT molecular complexity index is 253. The lowest BCUT2D eigenvalue weighted by molar-refractivity contribution is 1.21. The van der Waals surface area contributed by atoms with Crippen molar-refractivity contribution in [3.05, 3.63) is 27.1 Å². The average molecular weight is 315 g/mol. The molecule has 0 unspecified atom stereocenters. The van der Waals surface area contributed by atoms with Crippen molar-refractivity contribution in [3.8, 4) is 0 Å². The van der Waals surface area contributed by atoms with E-state index in [9.17, 15) is 0 Å². The smallest absolute Gasteiger partial charge is 0.0352 e. The lowest BCUT2D eigenvalue weighted by Gasteiger charge is -2.03. The zero-order valence-electron chi connectivity index (χ0n) is 6.60. The summed E-state index contributed by atoms with van der Waals surface area (Å²) in [5.74, 6) is 0. The van der Waals surface area contributed by atoms with Gasteiger partial charge < -0.3 is 5.32 Å². The molecule has 68 valence electrons. The van der Waals surface area contributed by atoms with Crippen molar-refractivity contribution in [1.29, 1.82) is 0 Å². The Labute approximate surface area is 95.6 Å². The van der Waals surface area contributed by atoms with Crippen LogP contribution in [-0.4, -0.2) is 6.54 Å². The van der Waals surface area contributed by atoms with Gasteiger partial charge in [0.25, 0.3) is 0 Å². The molecule has 0 aliphatic heterocycles. The standard InChI is InChI=1S/C8H9Br2N.ClH/c1-2-11-6-3-4-7(9)8(10)5-6;/h3-5,11H,2H2,1H3;1H. The fourth-order valence-corrected chi connectivity index (χ4v) is 1.44. The molecule has 0 heterocycles. The van der Waals surface area contributed by atoms with E-state index in [0.717, 1.165) is 21.2 Å². The van der Waals surface area contributed by atoms with E-state index in [1.165, 1.54) is 0 Å². The van der Waals surface area contributed by atoms with E-state index in [4.69, 9.17) is 0 Å². The highest BCUT2D eigenvalue weighted by Crippen LogP contribution is 2.25. The van der Waals surface area contributed by atoms with Gasteiger partial charge in [-0.1, -0.05) is 0 Å². The summed E-state index contributed by atoms with van der Waals surface area (Å²) in [6.45, 7) is 3.03. The number of benzene rings is 1. The third-order valence-corrected chi connectivity index (χ3v) is 3.18. The van der Waals surface area contributed by atoms with Gasteiger partial charge in [-0.15, -0.1) is 12.4 Å². The van der Waals surface area contributed by atoms with Crippen molar-refractivity contribution in [3.63, 3.8) is 0 Å². The first-order chi connectivity index (χ1) is 5.24. The van der Waals surface area contributed by atoms with Crippen LogP contribution in [0.2, 0.25) is 0 Å². The van der Waals surface area contributed by atoms with Crippen LogP contribution in [0.4, 0.5) is 5.69 Å². The lowest BCUT2D eigenvalue weighted by Crippen LogP contribution is -1.95. The maximum atomic E-state index is 3.43. The van der Waals surface area contributed by atoms with E-state index in [-0.39, 0.29) is 12.4 Å². The van der Waals surface area contributed by atoms with Crippen molar-refractivity contribution in [2.75, 3.05) is 11.9 Å². The number of anilines is 1. The fourth-order valence-electron chi connectivity index (χ4n) is 0.810. The predicted molar refractivity (Wildman–Crippen MR) is 63.3 cm³/mol. The molecule has 4 heteroatoms. The van der Waals surface area contributed by atoms with Crippen molar-refractivity contribution >= 4 is 50.0 Å². The Balaban J connectivity index is 0.00000121. The first-order valence-corrected chi connectivity index (χ1v) is 5.01. The summed E-state index contributed by atoms with van der Waals surface area (Å²) in [5, 5.41) is 3.22. The van der Waals surface area contributed by atoms with Crippen molar-refractivity contribution in [2.45, 2.75) is 6.92 Å². The largest absolute Gasteiger partial charge is 0.385 e. The monoisotopic (exact) mass is 313 g/mol. The Morgan fingerprint density at radius 2 is 1.92 bits per heavy atom. The zero-order valence-corrected chi connectivity index (χ0v) is 10.6. The molecule has 1 aromatic rings. The van der Waals surface area contributed by atoms with E-state index in [1.54, 1.807) is 0 Å². The van der Waals surface area contributed by atoms with Crippen LogP contribution >= 0.6 is 44.3 Å². The Hall–Kier alpha value is 0.270. The Kier molecular flexibility index (Phi) is 5.97. The maximum absolute atomic E-state index is 3.43. The molecule has 0 bridgehead atoms. The number of hydrogen-bond donors (Lipinski definition) is 1. The number of rotatable bonds is 2. The van der Waals surface area contributed by atoms with Crippen LogP contribution in [-0.2, 0) is 0 Å². The van der Waals surface area contributed by atoms with Gasteiger partial charge in [-0.3, -0.25) is 0 Å². The highest BCUT2D eigenvalue weighted by atomic mass is 79.9. The summed E-state index contributed by atoms with van der Waals surface area (Å²) >= 11 is 6.83. The van der Waals surface area contributed by atoms with Crippen LogP contribution in [0.3, 0.4) is 0 Å². The zero-order chi connectivity index (χ0) is 8.27. The van der Waals surface area contributed by atoms with Gasteiger partial charge in [-0.2, -0.15) is 0 Å². The van der Waals surface area contributed by atoms with Gasteiger partial charge in [0, 0.05) is 21.2 Å². The summed E-state index contributed by atoms with van der Waals surface area (Å²) in [6, 6.07) is 6.11. The highest BCUT2D eigenvalue weighted by molar-refractivity contribution is 9.13. The van der Waals surface area contributed by atoms with Gasteiger partial charge >= 0.3 is 0 Å². The van der Waals surface area contributed by atoms with Gasteiger partial charge in [0.05, 0.1) is 0 Å². The van der Waals surface area contributed by atoms with E-state index >= 15 is 0 Å². The molecule has 1 nitrogen and oxygen atoms in total. The van der Waals surface area contributed by atoms with E-state index in [1.807, 2.05) is 18.2 Å². The van der Waals surface area contributed by atoms with Crippen molar-refractivity contribution in [2.24, 2.45) is 0 Å². The number of nitrogens with one attached hydrogen (secondary N) is 1. The van der Waals surface area contributed by atoms with Gasteiger partial charge in [0.1, 0.15) is 0 Å². The molecule has 0 atom stereocenters. The van der Waals surface area contributed by atoms with Gasteiger partial charge in [-0.25, -0.2) is 0 Å². The molecule has 0 aromatic heterocycles. The predicted octanol–water partition coefficient (Wildman–Crippen LogP) is 4.07. The minimum atomic E-state index is 0. The molecule has 1 N–H and O–H groups in total. The molecule has 0 fully saturated rings. The molecule has 0 aliphatic carbocycles. The number of hydrogen-bond acceptors (Lipinski definition) is 1. The molecule has 0 spiro atoms. The second-order valence-corrected chi connectivity index (χ2v) is 3.87. The molecule has 0 saturated carbocycles. The minimum Gasteiger partial charge on any atom is -0.385 e. The summed E-state index contributed by atoms with van der Waals surface area (Å²) in [5.41, 5.74) is 1.14. The number of halogens is 3. The molecule has 1 rings (SSSR count). The molecular formula is C8H10Br2ClN. The van der Waals surface area contributed by atoms with Crippen LogP contribution in [0.25, 0.3) is 0 Å². The molecule has 1 aromatic carbocycles. The van der Waals surface area contributed by atoms with E-state index < -0.39 is 0 Å². The van der Waals surface area contributed by atoms with E-state index in [0.29, 0.717) is 0 Å². The summed E-state index contributed by atoms with van der Waals surface area (Å²) in [4.78, 5) is 0. The SMILES string of the molecule is CCNc1ccc(Br)c(Br)c1.Cl. The Morgan fingerprint density at radius 3 is 2.42 bits per heavy atom. The van der Waals surface area contributed by atoms with Crippen LogP contribution in [0.5, 0.6) is 0 Å². The molecule has 0 saturated heterocycles. The van der Waals surface area contributed by atoms with Crippen LogP contribution < -0.4 is 5.32 Å². The summed E-state index contributed by atoms with van der Waals surface area (Å²) in [6.07, 6.45) is 0. The van der Waals surface area contributed by atoms with Crippen LogP contribution in [0.15, 0.2) is 27.1 Å². The highest BCUT2D eigenvalue weighted by Gasteiger charge is 1.95. The van der Waals surface area contributed by atoms with Crippen molar-refractivity contribution in [1.82, 2.24) is 0 Å². The first kappa shape index (κ1) is 12.3. The Morgan fingerprint density at radius 1 is 1.25 bits per heavy atom. The van der Waals surface area contributed by atoms with E-state index in [2.05, 4.69) is 44.1 Å². The van der Waals surface area contributed by atoms with Crippen molar-refractivity contribution < 1.29 is 0 Å².